The fraction of sp³-hybridized carbons (Fsp3) is 0.304. The summed E-state index contributed by atoms with van der Waals surface area (Å²) in [6.07, 6.45) is -1.77. The Balaban J connectivity index is 1.15. The third-order valence-electron chi connectivity index (χ3n) is 6.19. The van der Waals surface area contributed by atoms with Crippen LogP contribution in [0.2, 0.25) is 0 Å². The third-order valence-corrected chi connectivity index (χ3v) is 6.19. The molecular formula is C23H20F3N5O3. The topological polar surface area (TPSA) is 91.4 Å². The molecule has 2 amide bonds. The number of hydrogen-bond acceptors (Lipinski definition) is 5. The van der Waals surface area contributed by atoms with Crippen LogP contribution in [0.15, 0.2) is 48.5 Å². The molecule has 0 unspecified atom stereocenters. The van der Waals surface area contributed by atoms with Crippen molar-refractivity contribution in [1.29, 1.82) is 0 Å². The molecule has 2 saturated heterocycles. The standard InChI is InChI=1S/C23H20F3N5O3/c24-23(25,26)34-18-5-1-14(2-6-18)3-8-21(32)30-10-16-12-31(13-17(16)11-30)22(33)15-4-7-19-20(9-15)28-29-27-19/h1-9,16-17H,10-13H2,(H,27,28,29)/t16-,17+. The quantitative estimate of drug-likeness (QED) is 0.591. The first kappa shape index (κ1) is 21.9. The van der Waals surface area contributed by atoms with Crippen LogP contribution in [-0.2, 0) is 4.79 Å². The van der Waals surface area contributed by atoms with E-state index >= 15 is 0 Å². The molecule has 2 aliphatic rings. The average molecular weight is 471 g/mol. The van der Waals surface area contributed by atoms with Crippen LogP contribution in [0.4, 0.5) is 13.2 Å². The van der Waals surface area contributed by atoms with E-state index in [0.29, 0.717) is 42.8 Å². The lowest BCUT2D eigenvalue weighted by atomic mass is 10.0. The maximum atomic E-state index is 12.9. The Morgan fingerprint density at radius 1 is 1.00 bits per heavy atom. The van der Waals surface area contributed by atoms with E-state index in [4.69, 9.17) is 0 Å². The number of alkyl halides is 3. The number of aromatic amines is 1. The number of aromatic nitrogens is 3. The van der Waals surface area contributed by atoms with Gasteiger partial charge in [-0.3, -0.25) is 14.7 Å². The molecular weight excluding hydrogens is 451 g/mol. The molecule has 3 heterocycles. The molecule has 0 saturated carbocycles. The summed E-state index contributed by atoms with van der Waals surface area (Å²) >= 11 is 0. The van der Waals surface area contributed by atoms with Crippen molar-refractivity contribution < 1.29 is 27.5 Å². The molecule has 2 aliphatic heterocycles. The Hall–Kier alpha value is -3.89. The smallest absolute Gasteiger partial charge is 0.406 e. The molecule has 176 valence electrons. The number of nitrogens with zero attached hydrogens (tertiary/aromatic N) is 4. The number of carbonyl (C=O) groups excluding carboxylic acids is 2. The fourth-order valence-corrected chi connectivity index (χ4v) is 4.55. The van der Waals surface area contributed by atoms with E-state index in [1.165, 1.54) is 30.3 Å². The molecule has 1 aromatic heterocycles. The number of amides is 2. The number of rotatable bonds is 4. The van der Waals surface area contributed by atoms with Gasteiger partial charge in [0.15, 0.2) is 0 Å². The van der Waals surface area contributed by atoms with Crippen LogP contribution in [0.25, 0.3) is 17.1 Å². The van der Waals surface area contributed by atoms with Gasteiger partial charge in [-0.05, 0) is 42.0 Å². The van der Waals surface area contributed by atoms with Gasteiger partial charge in [0.1, 0.15) is 11.3 Å². The normalized spacial score (nSPS) is 20.3. The molecule has 2 aromatic carbocycles. The van der Waals surface area contributed by atoms with Crippen molar-refractivity contribution in [2.45, 2.75) is 6.36 Å². The number of ether oxygens (including phenoxy) is 1. The molecule has 1 N–H and O–H groups in total. The zero-order chi connectivity index (χ0) is 23.9. The summed E-state index contributed by atoms with van der Waals surface area (Å²) < 4.78 is 40.6. The van der Waals surface area contributed by atoms with Crippen molar-refractivity contribution in [3.63, 3.8) is 0 Å². The largest absolute Gasteiger partial charge is 0.573 e. The van der Waals surface area contributed by atoms with E-state index in [1.54, 1.807) is 29.2 Å². The van der Waals surface area contributed by atoms with Gasteiger partial charge in [0, 0.05) is 49.7 Å². The molecule has 2 fully saturated rings. The monoisotopic (exact) mass is 471 g/mol. The van der Waals surface area contributed by atoms with E-state index in [-0.39, 0.29) is 29.4 Å². The van der Waals surface area contributed by atoms with E-state index in [0.717, 1.165) is 5.52 Å². The van der Waals surface area contributed by atoms with Crippen LogP contribution < -0.4 is 4.74 Å². The van der Waals surface area contributed by atoms with Crippen molar-refractivity contribution in [2.75, 3.05) is 26.2 Å². The van der Waals surface area contributed by atoms with E-state index in [1.807, 2.05) is 4.90 Å². The van der Waals surface area contributed by atoms with Crippen molar-refractivity contribution in [3.05, 3.63) is 59.7 Å². The SMILES string of the molecule is O=C(C=Cc1ccc(OC(F)(F)F)cc1)N1C[C@@H]2CN(C(=O)c3ccc4[nH]nnc4c3)C[C@@H]2C1. The predicted molar refractivity (Wildman–Crippen MR) is 116 cm³/mol. The fourth-order valence-electron chi connectivity index (χ4n) is 4.55. The highest BCUT2D eigenvalue weighted by Crippen LogP contribution is 2.32. The van der Waals surface area contributed by atoms with Gasteiger partial charge in [-0.15, -0.1) is 18.3 Å². The summed E-state index contributed by atoms with van der Waals surface area (Å²) in [6.45, 7) is 2.26. The van der Waals surface area contributed by atoms with Gasteiger partial charge >= 0.3 is 6.36 Å². The zero-order valence-electron chi connectivity index (χ0n) is 17.8. The van der Waals surface area contributed by atoms with Crippen molar-refractivity contribution >= 4 is 28.9 Å². The molecule has 0 bridgehead atoms. The Labute approximate surface area is 192 Å². The van der Waals surface area contributed by atoms with E-state index in [9.17, 15) is 22.8 Å². The number of likely N-dealkylation sites (tertiary alicyclic amines) is 2. The summed E-state index contributed by atoms with van der Waals surface area (Å²) in [5.74, 6) is -0.135. The Morgan fingerprint density at radius 2 is 1.68 bits per heavy atom. The van der Waals surface area contributed by atoms with Gasteiger partial charge < -0.3 is 14.5 Å². The number of halogens is 3. The predicted octanol–water partition coefficient (Wildman–Crippen LogP) is 3.10. The Morgan fingerprint density at radius 3 is 2.35 bits per heavy atom. The average Bonchev–Trinajstić information content (AvgIpc) is 3.51. The van der Waals surface area contributed by atoms with Gasteiger partial charge in [-0.2, -0.15) is 0 Å². The molecule has 0 spiro atoms. The number of hydrogen-bond donors (Lipinski definition) is 1. The van der Waals surface area contributed by atoms with Gasteiger partial charge in [0.2, 0.25) is 5.91 Å². The van der Waals surface area contributed by atoms with E-state index in [2.05, 4.69) is 20.1 Å². The van der Waals surface area contributed by atoms with Gasteiger partial charge in [-0.25, -0.2) is 0 Å². The van der Waals surface area contributed by atoms with Crippen LogP contribution in [-0.4, -0.2) is 69.6 Å². The lowest BCUT2D eigenvalue weighted by molar-refractivity contribution is -0.274. The minimum atomic E-state index is -4.74. The highest BCUT2D eigenvalue weighted by molar-refractivity contribution is 5.97. The van der Waals surface area contributed by atoms with Crippen LogP contribution in [0.1, 0.15) is 15.9 Å². The maximum Gasteiger partial charge on any atom is 0.573 e. The second-order valence-electron chi connectivity index (χ2n) is 8.47. The molecule has 11 heteroatoms. The number of carbonyl (C=O) groups is 2. The molecule has 0 radical (unpaired) electrons. The summed E-state index contributed by atoms with van der Waals surface area (Å²) in [6, 6.07) is 10.5. The van der Waals surface area contributed by atoms with Gasteiger partial charge in [-0.1, -0.05) is 17.3 Å². The summed E-state index contributed by atoms with van der Waals surface area (Å²) in [7, 11) is 0. The second-order valence-corrected chi connectivity index (χ2v) is 8.47. The number of H-pyrrole nitrogens is 1. The molecule has 2 atom stereocenters. The second kappa shape index (κ2) is 8.47. The van der Waals surface area contributed by atoms with Crippen molar-refractivity contribution in [3.8, 4) is 5.75 Å². The van der Waals surface area contributed by atoms with E-state index < -0.39 is 6.36 Å². The van der Waals surface area contributed by atoms with Crippen LogP contribution in [0.5, 0.6) is 5.75 Å². The number of fused-ring (bicyclic) bond motifs is 2. The maximum absolute atomic E-state index is 12.9. The summed E-state index contributed by atoms with van der Waals surface area (Å²) in [5.41, 5.74) is 2.55. The zero-order valence-corrected chi connectivity index (χ0v) is 17.8. The minimum Gasteiger partial charge on any atom is -0.406 e. The van der Waals surface area contributed by atoms with Gasteiger partial charge in [0.25, 0.3) is 5.91 Å². The molecule has 34 heavy (non-hydrogen) atoms. The molecule has 3 aromatic rings. The minimum absolute atomic E-state index is 0.0602. The van der Waals surface area contributed by atoms with Gasteiger partial charge in [0.05, 0.1) is 5.52 Å². The van der Waals surface area contributed by atoms with Crippen LogP contribution in [0.3, 0.4) is 0 Å². The first-order valence-corrected chi connectivity index (χ1v) is 10.7. The lowest BCUT2D eigenvalue weighted by Gasteiger charge is -2.21. The van der Waals surface area contributed by atoms with Crippen molar-refractivity contribution in [2.24, 2.45) is 11.8 Å². The first-order chi connectivity index (χ1) is 16.2. The molecule has 8 nitrogen and oxygen atoms in total. The number of nitrogens with one attached hydrogen (secondary N) is 1. The highest BCUT2D eigenvalue weighted by atomic mass is 19.4. The van der Waals surface area contributed by atoms with Crippen LogP contribution in [0, 0.1) is 11.8 Å². The summed E-state index contributed by atoms with van der Waals surface area (Å²) in [4.78, 5) is 29.1. The summed E-state index contributed by atoms with van der Waals surface area (Å²) in [5, 5.41) is 10.4. The highest BCUT2D eigenvalue weighted by Gasteiger charge is 2.42. The Bertz CT molecular complexity index is 1240. The first-order valence-electron chi connectivity index (χ1n) is 10.7. The third kappa shape index (κ3) is 4.59. The van der Waals surface area contributed by atoms with Crippen LogP contribution >= 0.6 is 0 Å². The lowest BCUT2D eigenvalue weighted by Crippen LogP contribution is -2.35. The number of benzene rings is 2. The Kier molecular flexibility index (Phi) is 5.46. The molecule has 5 rings (SSSR count). The molecule has 0 aliphatic carbocycles. The van der Waals surface area contributed by atoms with Crippen molar-refractivity contribution in [1.82, 2.24) is 25.2 Å².